The molecule has 7 heteroatoms. The lowest BCUT2D eigenvalue weighted by Gasteiger charge is -2.14. The minimum atomic E-state index is -0.106. The SMILES string of the molecule is CCCN1CCC(CNC(=O)c2cnn(-c3ccc(Cl)cc3Cl)c2)C1. The molecule has 1 aromatic carbocycles. The van der Waals surface area contributed by atoms with Gasteiger partial charge in [0.1, 0.15) is 0 Å². The van der Waals surface area contributed by atoms with Gasteiger partial charge < -0.3 is 10.2 Å². The summed E-state index contributed by atoms with van der Waals surface area (Å²) in [5.74, 6) is 0.418. The summed E-state index contributed by atoms with van der Waals surface area (Å²) in [6, 6.07) is 5.18. The molecule has 1 amide bonds. The van der Waals surface area contributed by atoms with Gasteiger partial charge in [-0.1, -0.05) is 30.1 Å². The number of hydrogen-bond donors (Lipinski definition) is 1. The molecule has 1 unspecified atom stereocenters. The van der Waals surface area contributed by atoms with Crippen LogP contribution in [0.5, 0.6) is 0 Å². The Morgan fingerprint density at radius 3 is 3.00 bits per heavy atom. The Bertz CT molecular complexity index is 746. The van der Waals surface area contributed by atoms with E-state index in [0.717, 1.165) is 26.1 Å². The lowest BCUT2D eigenvalue weighted by Crippen LogP contribution is -2.31. The molecule has 1 saturated heterocycles. The zero-order chi connectivity index (χ0) is 17.8. The van der Waals surface area contributed by atoms with Gasteiger partial charge >= 0.3 is 0 Å². The zero-order valence-corrected chi connectivity index (χ0v) is 15.7. The van der Waals surface area contributed by atoms with E-state index in [1.807, 2.05) is 0 Å². The van der Waals surface area contributed by atoms with Crippen LogP contribution < -0.4 is 5.32 Å². The number of rotatable bonds is 6. The van der Waals surface area contributed by atoms with Crippen molar-refractivity contribution in [2.45, 2.75) is 19.8 Å². The Hall–Kier alpha value is -1.56. The normalized spacial score (nSPS) is 17.8. The van der Waals surface area contributed by atoms with Crippen molar-refractivity contribution in [2.75, 3.05) is 26.2 Å². The van der Waals surface area contributed by atoms with Crippen molar-refractivity contribution >= 4 is 29.1 Å². The van der Waals surface area contributed by atoms with Gasteiger partial charge in [-0.3, -0.25) is 4.79 Å². The van der Waals surface area contributed by atoms with Crippen LogP contribution in [0.1, 0.15) is 30.1 Å². The summed E-state index contributed by atoms with van der Waals surface area (Å²) in [6.45, 7) is 6.22. The van der Waals surface area contributed by atoms with Crippen LogP contribution in [0.15, 0.2) is 30.6 Å². The molecule has 1 aliphatic heterocycles. The number of hydrogen-bond acceptors (Lipinski definition) is 3. The third kappa shape index (κ3) is 4.54. The first-order chi connectivity index (χ1) is 12.1. The molecule has 1 atom stereocenters. The van der Waals surface area contributed by atoms with E-state index in [4.69, 9.17) is 23.2 Å². The zero-order valence-electron chi connectivity index (χ0n) is 14.2. The summed E-state index contributed by atoms with van der Waals surface area (Å²) in [6.07, 6.45) is 5.55. The lowest BCUT2D eigenvalue weighted by atomic mass is 10.1. The Kier molecular flexibility index (Phi) is 5.99. The van der Waals surface area contributed by atoms with Crippen LogP contribution in [0.25, 0.3) is 5.69 Å². The fourth-order valence-electron chi connectivity index (χ4n) is 3.18. The van der Waals surface area contributed by atoms with Crippen LogP contribution >= 0.6 is 23.2 Å². The lowest BCUT2D eigenvalue weighted by molar-refractivity contribution is 0.0947. The summed E-state index contributed by atoms with van der Waals surface area (Å²) in [5.41, 5.74) is 1.21. The largest absolute Gasteiger partial charge is 0.352 e. The summed E-state index contributed by atoms with van der Waals surface area (Å²) in [4.78, 5) is 14.8. The van der Waals surface area contributed by atoms with Crippen LogP contribution in [0, 0.1) is 5.92 Å². The molecule has 1 N–H and O–H groups in total. The molecule has 5 nitrogen and oxygen atoms in total. The Labute approximate surface area is 157 Å². The van der Waals surface area contributed by atoms with Gasteiger partial charge in [0.15, 0.2) is 0 Å². The highest BCUT2D eigenvalue weighted by molar-refractivity contribution is 6.35. The summed E-state index contributed by atoms with van der Waals surface area (Å²) < 4.78 is 1.59. The van der Waals surface area contributed by atoms with Gasteiger partial charge in [0.2, 0.25) is 0 Å². The molecule has 1 aromatic heterocycles. The van der Waals surface area contributed by atoms with Crippen LogP contribution in [0.3, 0.4) is 0 Å². The molecule has 1 fully saturated rings. The van der Waals surface area contributed by atoms with Gasteiger partial charge in [-0.05, 0) is 50.0 Å². The van der Waals surface area contributed by atoms with Gasteiger partial charge in [0.25, 0.3) is 5.91 Å². The number of carbonyl (C=O) groups is 1. The Morgan fingerprint density at radius 2 is 2.24 bits per heavy atom. The predicted octanol–water partition coefficient (Wildman–Crippen LogP) is 3.64. The van der Waals surface area contributed by atoms with Crippen molar-refractivity contribution < 1.29 is 4.79 Å². The number of halogens is 2. The van der Waals surface area contributed by atoms with Crippen molar-refractivity contribution in [3.63, 3.8) is 0 Å². The molecule has 0 spiro atoms. The number of benzene rings is 1. The van der Waals surface area contributed by atoms with Gasteiger partial charge in [0.05, 0.1) is 22.5 Å². The standard InChI is InChI=1S/C18H22Cl2N4O/c1-2-6-23-7-5-13(11-23)9-21-18(25)14-10-22-24(12-14)17-4-3-15(19)8-16(17)20/h3-4,8,10,12-13H,2,5-7,9,11H2,1H3,(H,21,25). The third-order valence-electron chi connectivity index (χ3n) is 4.46. The number of aromatic nitrogens is 2. The number of amides is 1. The minimum Gasteiger partial charge on any atom is -0.352 e. The van der Waals surface area contributed by atoms with Crippen molar-refractivity contribution in [1.29, 1.82) is 0 Å². The molecule has 0 bridgehead atoms. The van der Waals surface area contributed by atoms with Crippen molar-refractivity contribution in [3.05, 3.63) is 46.2 Å². The van der Waals surface area contributed by atoms with Crippen molar-refractivity contribution in [2.24, 2.45) is 5.92 Å². The molecule has 0 saturated carbocycles. The second-order valence-corrected chi connectivity index (χ2v) is 7.28. The molecule has 0 aliphatic carbocycles. The maximum Gasteiger partial charge on any atom is 0.254 e. The van der Waals surface area contributed by atoms with E-state index in [2.05, 4.69) is 22.2 Å². The molecule has 25 heavy (non-hydrogen) atoms. The average Bonchev–Trinajstić information content (AvgIpc) is 3.22. The minimum absolute atomic E-state index is 0.106. The number of likely N-dealkylation sites (tertiary alicyclic amines) is 1. The van der Waals surface area contributed by atoms with Gasteiger partial charge in [-0.2, -0.15) is 5.10 Å². The highest BCUT2D eigenvalue weighted by atomic mass is 35.5. The predicted molar refractivity (Wildman–Crippen MR) is 101 cm³/mol. The number of nitrogens with zero attached hydrogens (tertiary/aromatic N) is 3. The second kappa shape index (κ2) is 8.21. The van der Waals surface area contributed by atoms with Crippen LogP contribution in [-0.4, -0.2) is 46.8 Å². The molecule has 0 radical (unpaired) electrons. The van der Waals surface area contributed by atoms with E-state index >= 15 is 0 Å². The quantitative estimate of drug-likeness (QED) is 0.831. The summed E-state index contributed by atoms with van der Waals surface area (Å²) in [5, 5.41) is 8.31. The van der Waals surface area contributed by atoms with Gasteiger partial charge in [-0.15, -0.1) is 0 Å². The highest BCUT2D eigenvalue weighted by Crippen LogP contribution is 2.24. The number of carbonyl (C=O) groups excluding carboxylic acids is 1. The fourth-order valence-corrected chi connectivity index (χ4v) is 3.67. The Morgan fingerprint density at radius 1 is 1.40 bits per heavy atom. The molecule has 3 rings (SSSR count). The van der Waals surface area contributed by atoms with Crippen LogP contribution in [-0.2, 0) is 0 Å². The maximum absolute atomic E-state index is 12.4. The monoisotopic (exact) mass is 380 g/mol. The molecular weight excluding hydrogens is 359 g/mol. The average molecular weight is 381 g/mol. The van der Waals surface area contributed by atoms with Crippen LogP contribution in [0.2, 0.25) is 10.0 Å². The van der Waals surface area contributed by atoms with E-state index in [1.165, 1.54) is 6.42 Å². The first-order valence-corrected chi connectivity index (χ1v) is 9.33. The van der Waals surface area contributed by atoms with E-state index < -0.39 is 0 Å². The summed E-state index contributed by atoms with van der Waals surface area (Å²) >= 11 is 12.1. The smallest absolute Gasteiger partial charge is 0.254 e. The van der Waals surface area contributed by atoms with E-state index in [9.17, 15) is 4.79 Å². The van der Waals surface area contributed by atoms with E-state index in [0.29, 0.717) is 33.8 Å². The Balaban J connectivity index is 1.58. The molecule has 134 valence electrons. The molecule has 2 heterocycles. The number of nitrogens with one attached hydrogen (secondary N) is 1. The third-order valence-corrected chi connectivity index (χ3v) is 5.00. The van der Waals surface area contributed by atoms with E-state index in [-0.39, 0.29) is 5.91 Å². The molecule has 2 aromatic rings. The van der Waals surface area contributed by atoms with Gasteiger partial charge in [-0.25, -0.2) is 4.68 Å². The van der Waals surface area contributed by atoms with Gasteiger partial charge in [0, 0.05) is 24.3 Å². The molecule has 1 aliphatic rings. The van der Waals surface area contributed by atoms with Crippen molar-refractivity contribution in [1.82, 2.24) is 20.0 Å². The first-order valence-electron chi connectivity index (χ1n) is 8.57. The maximum atomic E-state index is 12.4. The first kappa shape index (κ1) is 18.2. The van der Waals surface area contributed by atoms with E-state index in [1.54, 1.807) is 35.3 Å². The van der Waals surface area contributed by atoms with Crippen molar-refractivity contribution in [3.8, 4) is 5.69 Å². The summed E-state index contributed by atoms with van der Waals surface area (Å²) in [7, 11) is 0. The topological polar surface area (TPSA) is 50.2 Å². The molecular formula is C18H22Cl2N4O. The van der Waals surface area contributed by atoms with Crippen LogP contribution in [0.4, 0.5) is 0 Å². The highest BCUT2D eigenvalue weighted by Gasteiger charge is 2.22. The fraction of sp³-hybridized carbons (Fsp3) is 0.444. The second-order valence-electron chi connectivity index (χ2n) is 6.43.